The van der Waals surface area contributed by atoms with Gasteiger partial charge in [0.25, 0.3) is 0 Å². The minimum absolute atomic E-state index is 0.125. The fourth-order valence-electron chi connectivity index (χ4n) is 1.37. The molecule has 116 valence electrons. The van der Waals surface area contributed by atoms with Gasteiger partial charge in [-0.25, -0.2) is 0 Å². The molecule has 2 unspecified atom stereocenters. The molecule has 0 fully saturated rings. The summed E-state index contributed by atoms with van der Waals surface area (Å²) in [6.45, 7) is 6.78. The van der Waals surface area contributed by atoms with Crippen LogP contribution in [0.2, 0.25) is 0 Å². The van der Waals surface area contributed by atoms with Crippen LogP contribution in [-0.4, -0.2) is 36.4 Å². The van der Waals surface area contributed by atoms with Gasteiger partial charge in [0.15, 0.2) is 0 Å². The molecule has 2 atom stereocenters. The molecule has 5 N–H and O–H groups in total. The fourth-order valence-corrected chi connectivity index (χ4v) is 1.84. The van der Waals surface area contributed by atoms with Crippen molar-refractivity contribution in [3.8, 4) is 0 Å². The number of carbonyl (C=O) groups is 2. The Morgan fingerprint density at radius 1 is 1.45 bits per heavy atom. The summed E-state index contributed by atoms with van der Waals surface area (Å²) in [6.07, 6.45) is 0.355. The first-order chi connectivity index (χ1) is 9.13. The Morgan fingerprint density at radius 3 is 2.40 bits per heavy atom. The highest BCUT2D eigenvalue weighted by Crippen LogP contribution is 2.47. The van der Waals surface area contributed by atoms with E-state index in [4.69, 9.17) is 5.73 Å². The predicted molar refractivity (Wildman–Crippen MR) is 74.6 cm³/mol. The van der Waals surface area contributed by atoms with E-state index in [9.17, 15) is 19.0 Å². The summed E-state index contributed by atoms with van der Waals surface area (Å²) in [7, 11) is -3.07. The zero-order valence-electron chi connectivity index (χ0n) is 11.9. The van der Waals surface area contributed by atoms with Crippen molar-refractivity contribution in [1.82, 2.24) is 10.6 Å². The lowest BCUT2D eigenvalue weighted by Crippen LogP contribution is -2.48. The van der Waals surface area contributed by atoms with E-state index in [2.05, 4.69) is 21.7 Å². The molecule has 0 aliphatic rings. The Bertz CT molecular complexity index is 424. The van der Waals surface area contributed by atoms with Gasteiger partial charge in [0, 0.05) is 7.11 Å². The zero-order valence-corrected chi connectivity index (χ0v) is 12.8. The quantitative estimate of drug-likeness (QED) is 0.463. The molecule has 2 amide bonds. The molecule has 9 heteroatoms. The monoisotopic (exact) mass is 307 g/mol. The van der Waals surface area contributed by atoms with Crippen molar-refractivity contribution in [2.45, 2.75) is 26.3 Å². The minimum Gasteiger partial charge on any atom is -0.343 e. The van der Waals surface area contributed by atoms with E-state index in [1.807, 2.05) is 13.8 Å². The number of hydrogen-bond donors (Lipinski definition) is 4. The van der Waals surface area contributed by atoms with E-state index in [1.165, 1.54) is 0 Å². The first-order valence-electron chi connectivity index (χ1n) is 6.02. The van der Waals surface area contributed by atoms with Gasteiger partial charge in [0.1, 0.15) is 11.5 Å². The Balaban J connectivity index is 4.83. The summed E-state index contributed by atoms with van der Waals surface area (Å²) in [6, 6.07) is -0.861. The van der Waals surface area contributed by atoms with E-state index in [0.29, 0.717) is 6.42 Å². The van der Waals surface area contributed by atoms with Crippen LogP contribution in [0.5, 0.6) is 0 Å². The molecule has 20 heavy (non-hydrogen) atoms. The smallest absolute Gasteiger partial charge is 0.343 e. The second-order valence-electron chi connectivity index (χ2n) is 4.59. The first-order valence-corrected chi connectivity index (χ1v) is 7.60. The normalized spacial score (nSPS) is 15.3. The maximum absolute atomic E-state index is 12.0. The summed E-state index contributed by atoms with van der Waals surface area (Å²) in [5.74, 6) is -1.01. The van der Waals surface area contributed by atoms with Crippen LogP contribution >= 0.6 is 7.60 Å². The SMILES string of the molecule is C=C(NC(=O)C(CC(C)C)NC(=O)CN)P(=O)(O)OC. The molecule has 0 bridgehead atoms. The second kappa shape index (κ2) is 8.16. The number of hydrogen-bond acceptors (Lipinski definition) is 5. The second-order valence-corrected chi connectivity index (χ2v) is 6.54. The third kappa shape index (κ3) is 6.29. The van der Waals surface area contributed by atoms with E-state index >= 15 is 0 Å². The lowest BCUT2D eigenvalue weighted by atomic mass is 10.0. The molecule has 0 aromatic carbocycles. The molecule has 0 aromatic heterocycles. The van der Waals surface area contributed by atoms with Gasteiger partial charge in [0.05, 0.1) is 6.54 Å². The number of rotatable bonds is 8. The zero-order chi connectivity index (χ0) is 15.9. The Hall–Kier alpha value is -1.21. The van der Waals surface area contributed by atoms with Gasteiger partial charge in [-0.2, -0.15) is 0 Å². The molecule has 0 aliphatic carbocycles. The highest BCUT2D eigenvalue weighted by atomic mass is 31.2. The maximum atomic E-state index is 12.0. The molecule has 0 saturated heterocycles. The number of amides is 2. The summed E-state index contributed by atoms with van der Waals surface area (Å²) >= 11 is 0. The summed E-state index contributed by atoms with van der Waals surface area (Å²) in [5, 5.41) is 4.62. The fraction of sp³-hybridized carbons (Fsp3) is 0.636. The van der Waals surface area contributed by atoms with Gasteiger partial charge >= 0.3 is 7.60 Å². The van der Waals surface area contributed by atoms with Crippen LogP contribution in [-0.2, 0) is 18.7 Å². The number of nitrogens with one attached hydrogen (secondary N) is 2. The van der Waals surface area contributed by atoms with E-state index in [0.717, 1.165) is 7.11 Å². The Kier molecular flexibility index (Phi) is 7.67. The topological polar surface area (TPSA) is 131 Å². The first kappa shape index (κ1) is 18.8. The van der Waals surface area contributed by atoms with E-state index < -0.39 is 30.9 Å². The van der Waals surface area contributed by atoms with Crippen molar-refractivity contribution in [2.24, 2.45) is 11.7 Å². The van der Waals surface area contributed by atoms with Gasteiger partial charge in [-0.05, 0) is 12.3 Å². The van der Waals surface area contributed by atoms with Crippen molar-refractivity contribution in [2.75, 3.05) is 13.7 Å². The lowest BCUT2D eigenvalue weighted by molar-refractivity contribution is -0.128. The molecular formula is C11H22N3O5P. The van der Waals surface area contributed by atoms with E-state index in [-0.39, 0.29) is 12.5 Å². The van der Waals surface area contributed by atoms with Gasteiger partial charge in [-0.15, -0.1) is 0 Å². The third-order valence-electron chi connectivity index (χ3n) is 2.40. The van der Waals surface area contributed by atoms with Gasteiger partial charge < -0.3 is 25.8 Å². The molecule has 0 aliphatic heterocycles. The lowest BCUT2D eigenvalue weighted by Gasteiger charge is -2.21. The minimum atomic E-state index is -4.10. The van der Waals surface area contributed by atoms with Gasteiger partial charge in [0.2, 0.25) is 11.8 Å². The summed E-state index contributed by atoms with van der Waals surface area (Å²) < 4.78 is 15.8. The average molecular weight is 307 g/mol. The third-order valence-corrected chi connectivity index (χ3v) is 3.69. The Labute approximate surface area is 118 Å². The van der Waals surface area contributed by atoms with Crippen LogP contribution in [0.1, 0.15) is 20.3 Å². The van der Waals surface area contributed by atoms with Crippen LogP contribution in [0.3, 0.4) is 0 Å². The van der Waals surface area contributed by atoms with Gasteiger partial charge in [-0.3, -0.25) is 14.2 Å². The summed E-state index contributed by atoms with van der Waals surface area (Å²) in [5.41, 5.74) is 4.73. The number of nitrogens with two attached hydrogens (primary N) is 1. The van der Waals surface area contributed by atoms with Crippen LogP contribution in [0.25, 0.3) is 0 Å². The molecular weight excluding hydrogens is 285 g/mol. The van der Waals surface area contributed by atoms with Gasteiger partial charge in [-0.1, -0.05) is 20.4 Å². The highest BCUT2D eigenvalue weighted by Gasteiger charge is 2.28. The molecule has 8 nitrogen and oxygen atoms in total. The largest absolute Gasteiger partial charge is 0.374 e. The standard InChI is InChI=1S/C11H22N3O5P/c1-7(2)5-9(14-10(15)6-12)11(16)13-8(3)20(17,18)19-4/h7,9H,3,5-6,12H2,1-2,4H3,(H,13,16)(H,14,15)(H,17,18). The van der Waals surface area contributed by atoms with Crippen molar-refractivity contribution < 1.29 is 23.6 Å². The Morgan fingerprint density at radius 2 is 2.00 bits per heavy atom. The van der Waals surface area contributed by atoms with Crippen LogP contribution in [0, 0.1) is 5.92 Å². The van der Waals surface area contributed by atoms with Crippen LogP contribution in [0.4, 0.5) is 0 Å². The molecule has 0 aromatic rings. The van der Waals surface area contributed by atoms with Crippen molar-refractivity contribution >= 4 is 19.4 Å². The highest BCUT2D eigenvalue weighted by molar-refractivity contribution is 7.57. The van der Waals surface area contributed by atoms with Crippen LogP contribution < -0.4 is 16.4 Å². The average Bonchev–Trinajstić information content (AvgIpc) is 2.36. The van der Waals surface area contributed by atoms with Crippen molar-refractivity contribution in [3.63, 3.8) is 0 Å². The number of carbonyl (C=O) groups excluding carboxylic acids is 2. The van der Waals surface area contributed by atoms with E-state index in [1.54, 1.807) is 0 Å². The molecule has 0 saturated carbocycles. The maximum Gasteiger partial charge on any atom is 0.374 e. The molecule has 0 heterocycles. The van der Waals surface area contributed by atoms with Crippen molar-refractivity contribution in [1.29, 1.82) is 0 Å². The molecule has 0 rings (SSSR count). The molecule has 0 spiro atoms. The summed E-state index contributed by atoms with van der Waals surface area (Å²) in [4.78, 5) is 32.6. The van der Waals surface area contributed by atoms with Crippen molar-refractivity contribution in [3.05, 3.63) is 12.0 Å². The predicted octanol–water partition coefficient (Wildman–Crippen LogP) is -0.105. The molecule has 0 radical (unpaired) electrons. The van der Waals surface area contributed by atoms with Crippen LogP contribution in [0.15, 0.2) is 12.0 Å².